The van der Waals surface area contributed by atoms with Crippen LogP contribution in [-0.2, 0) is 20.7 Å². The summed E-state index contributed by atoms with van der Waals surface area (Å²) in [6.07, 6.45) is 6.93. The Kier molecular flexibility index (Phi) is 7.17. The molecule has 2 aliphatic carbocycles. The van der Waals surface area contributed by atoms with Crippen LogP contribution in [0.25, 0.3) is 0 Å². The quantitative estimate of drug-likeness (QED) is 0.461. The van der Waals surface area contributed by atoms with Gasteiger partial charge in [0.15, 0.2) is 0 Å². The van der Waals surface area contributed by atoms with E-state index in [4.69, 9.17) is 4.74 Å². The Morgan fingerprint density at radius 3 is 2.71 bits per heavy atom. The Morgan fingerprint density at radius 2 is 1.94 bits per heavy atom. The number of fused-ring (bicyclic) bond motifs is 2. The molecule has 2 unspecified atom stereocenters. The van der Waals surface area contributed by atoms with E-state index in [9.17, 15) is 14.7 Å². The molecule has 4 N–H and O–H groups in total. The fourth-order valence-electron chi connectivity index (χ4n) is 6.83. The van der Waals surface area contributed by atoms with Gasteiger partial charge in [-0.1, -0.05) is 37.1 Å². The predicted molar refractivity (Wildman–Crippen MR) is 132 cm³/mol. The Bertz CT molecular complexity index is 934. The minimum absolute atomic E-state index is 0.0276. The highest BCUT2D eigenvalue weighted by Gasteiger charge is 2.59. The maximum atomic E-state index is 14.0. The van der Waals surface area contributed by atoms with E-state index in [1.54, 1.807) is 11.9 Å². The second-order valence-electron chi connectivity index (χ2n) is 10.9. The fraction of sp³-hybridized carbons (Fsp3) is 0.704. The van der Waals surface area contributed by atoms with Crippen LogP contribution in [0.3, 0.4) is 0 Å². The lowest BCUT2D eigenvalue weighted by atomic mass is 9.77. The molecule has 8 heteroatoms. The van der Waals surface area contributed by atoms with Crippen LogP contribution in [0.1, 0.15) is 75.5 Å². The summed E-state index contributed by atoms with van der Waals surface area (Å²) in [5.41, 5.74) is 2.26. The lowest BCUT2D eigenvalue weighted by Crippen LogP contribution is -2.59. The Hall–Kier alpha value is -2.00. The van der Waals surface area contributed by atoms with Gasteiger partial charge in [0.2, 0.25) is 11.8 Å². The summed E-state index contributed by atoms with van der Waals surface area (Å²) in [7, 11) is 1.78. The first-order chi connectivity index (χ1) is 16.9. The van der Waals surface area contributed by atoms with Crippen molar-refractivity contribution in [2.24, 2.45) is 5.41 Å². The number of ether oxygens (including phenoxy) is 1. The highest BCUT2D eigenvalue weighted by atomic mass is 16.5. The third-order valence-corrected chi connectivity index (χ3v) is 8.85. The minimum atomic E-state index is -0.875. The highest BCUT2D eigenvalue weighted by Crippen LogP contribution is 2.53. The minimum Gasteiger partial charge on any atom is -0.377 e. The van der Waals surface area contributed by atoms with Crippen molar-refractivity contribution >= 4 is 11.8 Å². The van der Waals surface area contributed by atoms with Gasteiger partial charge in [0, 0.05) is 17.9 Å². The third-order valence-electron chi connectivity index (χ3n) is 8.85. The van der Waals surface area contributed by atoms with E-state index in [0.29, 0.717) is 19.4 Å². The number of hydrogen-bond acceptors (Lipinski definition) is 6. The number of carbonyl (C=O) groups excluding carboxylic acids is 2. The molecule has 4 aliphatic rings. The number of benzene rings is 1. The van der Waals surface area contributed by atoms with Crippen molar-refractivity contribution in [1.82, 2.24) is 20.9 Å². The van der Waals surface area contributed by atoms with E-state index < -0.39 is 18.3 Å². The molecule has 6 atom stereocenters. The van der Waals surface area contributed by atoms with Crippen LogP contribution in [0.4, 0.5) is 0 Å². The molecule has 1 spiro atoms. The zero-order valence-electron chi connectivity index (χ0n) is 21.0. The van der Waals surface area contributed by atoms with Crippen LogP contribution >= 0.6 is 0 Å². The molecule has 2 saturated heterocycles. The number of aryl methyl sites for hydroxylation is 1. The summed E-state index contributed by atoms with van der Waals surface area (Å²) in [6.45, 7) is 2.28. The largest absolute Gasteiger partial charge is 0.377 e. The summed E-state index contributed by atoms with van der Waals surface area (Å²) >= 11 is 0. The molecule has 0 radical (unpaired) electrons. The first-order valence-corrected chi connectivity index (χ1v) is 13.4. The van der Waals surface area contributed by atoms with Gasteiger partial charge in [0.05, 0.1) is 18.7 Å². The Labute approximate surface area is 208 Å². The van der Waals surface area contributed by atoms with Gasteiger partial charge in [0.25, 0.3) is 0 Å². The van der Waals surface area contributed by atoms with Crippen molar-refractivity contribution in [2.75, 3.05) is 13.7 Å². The lowest BCUT2D eigenvalue weighted by molar-refractivity contribution is -0.150. The molecular formula is C27H40N4O4. The van der Waals surface area contributed by atoms with E-state index in [-0.39, 0.29) is 35.5 Å². The van der Waals surface area contributed by atoms with Gasteiger partial charge in [-0.3, -0.25) is 14.9 Å². The van der Waals surface area contributed by atoms with Gasteiger partial charge in [-0.05, 0) is 63.6 Å². The van der Waals surface area contributed by atoms with E-state index >= 15 is 0 Å². The van der Waals surface area contributed by atoms with Gasteiger partial charge < -0.3 is 25.4 Å². The SMILES string of the molecule is CN[C@@H](C)C(O)N[C@H]1CCO[C@H]2CC3(CCCC3)C(C(=O)N[C@@H]3CCCc4ccccc43)N2C1=O. The third kappa shape index (κ3) is 4.61. The van der Waals surface area contributed by atoms with Crippen molar-refractivity contribution in [3.05, 3.63) is 35.4 Å². The molecule has 1 aromatic rings. The summed E-state index contributed by atoms with van der Waals surface area (Å²) in [6, 6.07) is 6.98. The molecule has 35 heavy (non-hydrogen) atoms. The number of aliphatic hydroxyl groups is 1. The molecular weight excluding hydrogens is 444 g/mol. The molecule has 192 valence electrons. The van der Waals surface area contributed by atoms with Gasteiger partial charge >= 0.3 is 0 Å². The molecule has 1 saturated carbocycles. The fourth-order valence-corrected chi connectivity index (χ4v) is 6.83. The molecule has 0 bridgehead atoms. The van der Waals surface area contributed by atoms with Crippen molar-refractivity contribution in [3.63, 3.8) is 0 Å². The first-order valence-electron chi connectivity index (χ1n) is 13.4. The summed E-state index contributed by atoms with van der Waals surface area (Å²) in [5.74, 6) is -0.194. The number of nitrogens with one attached hydrogen (secondary N) is 3. The highest BCUT2D eigenvalue weighted by molar-refractivity contribution is 5.92. The van der Waals surface area contributed by atoms with Gasteiger partial charge in [-0.2, -0.15) is 0 Å². The second kappa shape index (κ2) is 10.2. The van der Waals surface area contributed by atoms with Crippen molar-refractivity contribution in [2.45, 2.75) is 101 Å². The van der Waals surface area contributed by atoms with Crippen molar-refractivity contribution in [3.8, 4) is 0 Å². The maximum Gasteiger partial charge on any atom is 0.243 e. The molecule has 1 aromatic carbocycles. The standard InChI is InChI=1S/C27H40N4O4/c1-17(28-2)24(32)30-21-12-15-35-22-16-27(13-5-6-14-27)23(31(22)26(21)34)25(33)29-20-11-7-9-18-8-3-4-10-19(18)20/h3-4,8,10,17,20-24,28,30,32H,5-7,9,11-16H2,1-2H3,(H,29,33)/t17-,20+,21-,22-,23?,24?/m0/s1. The van der Waals surface area contributed by atoms with Crippen molar-refractivity contribution in [1.29, 1.82) is 0 Å². The van der Waals surface area contributed by atoms with Crippen LogP contribution in [0.5, 0.6) is 0 Å². The predicted octanol–water partition coefficient (Wildman–Crippen LogP) is 1.97. The zero-order chi connectivity index (χ0) is 24.6. The summed E-state index contributed by atoms with van der Waals surface area (Å²) < 4.78 is 6.20. The number of amides is 2. The lowest BCUT2D eigenvalue weighted by Gasteiger charge is -2.37. The first kappa shape index (κ1) is 24.7. The smallest absolute Gasteiger partial charge is 0.243 e. The number of hydrogen-bond donors (Lipinski definition) is 4. The number of carbonyl (C=O) groups is 2. The summed E-state index contributed by atoms with van der Waals surface area (Å²) in [4.78, 5) is 29.7. The molecule has 8 nitrogen and oxygen atoms in total. The number of nitrogens with zero attached hydrogens (tertiary/aromatic N) is 1. The van der Waals surface area contributed by atoms with Crippen LogP contribution in [-0.4, -0.2) is 66.1 Å². The van der Waals surface area contributed by atoms with E-state index in [1.165, 1.54) is 11.1 Å². The second-order valence-corrected chi connectivity index (χ2v) is 10.9. The van der Waals surface area contributed by atoms with E-state index in [0.717, 1.165) is 44.9 Å². The monoisotopic (exact) mass is 484 g/mol. The Balaban J connectivity index is 1.41. The molecule has 5 rings (SSSR count). The van der Waals surface area contributed by atoms with Gasteiger partial charge in [-0.15, -0.1) is 0 Å². The van der Waals surface area contributed by atoms with Crippen LogP contribution < -0.4 is 16.0 Å². The average Bonchev–Trinajstić information content (AvgIpc) is 3.43. The maximum absolute atomic E-state index is 14.0. The zero-order valence-corrected chi connectivity index (χ0v) is 21.0. The molecule has 0 aromatic heterocycles. The van der Waals surface area contributed by atoms with Crippen LogP contribution in [0.2, 0.25) is 0 Å². The number of rotatable bonds is 6. The van der Waals surface area contributed by atoms with E-state index in [1.807, 2.05) is 13.0 Å². The van der Waals surface area contributed by atoms with E-state index in [2.05, 4.69) is 34.1 Å². The molecule has 2 amide bonds. The number of likely N-dealkylation sites (N-methyl/N-ethyl adjacent to an activating group) is 1. The van der Waals surface area contributed by atoms with Gasteiger partial charge in [0.1, 0.15) is 18.5 Å². The van der Waals surface area contributed by atoms with Crippen LogP contribution in [0, 0.1) is 5.41 Å². The van der Waals surface area contributed by atoms with Crippen LogP contribution in [0.15, 0.2) is 24.3 Å². The number of aliphatic hydroxyl groups excluding tert-OH is 1. The van der Waals surface area contributed by atoms with Crippen molar-refractivity contribution < 1.29 is 19.4 Å². The summed E-state index contributed by atoms with van der Waals surface area (Å²) in [5, 5.41) is 20.0. The molecule has 2 heterocycles. The average molecular weight is 485 g/mol. The van der Waals surface area contributed by atoms with Gasteiger partial charge in [-0.25, -0.2) is 0 Å². The Morgan fingerprint density at radius 1 is 1.17 bits per heavy atom. The molecule has 3 fully saturated rings. The normalized spacial score (nSPS) is 31.5. The topological polar surface area (TPSA) is 103 Å². The molecule has 2 aliphatic heterocycles.